The molecule has 0 spiro atoms. The Morgan fingerprint density at radius 1 is 0.976 bits per heavy atom. The molecule has 0 saturated heterocycles. The zero-order valence-corrected chi connectivity index (χ0v) is 24.9. The van der Waals surface area contributed by atoms with Crippen molar-refractivity contribution >= 4 is 27.5 Å². The van der Waals surface area contributed by atoms with Crippen molar-refractivity contribution in [2.45, 2.75) is 64.1 Å². The maximum atomic E-state index is 14.1. The van der Waals surface area contributed by atoms with E-state index in [4.69, 9.17) is 4.74 Å². The van der Waals surface area contributed by atoms with Gasteiger partial charge in [0, 0.05) is 18.7 Å². The average Bonchev–Trinajstić information content (AvgIpc) is 2.96. The predicted molar refractivity (Wildman–Crippen MR) is 158 cm³/mol. The number of amides is 2. The van der Waals surface area contributed by atoms with Crippen molar-refractivity contribution in [1.29, 1.82) is 0 Å². The lowest BCUT2D eigenvalue weighted by atomic mass is 10.1. The number of hydrogen-bond donors (Lipinski definition) is 1. The molecule has 8 nitrogen and oxygen atoms in total. The highest BCUT2D eigenvalue weighted by atomic mass is 32.2. The number of halogens is 1. The van der Waals surface area contributed by atoms with Crippen molar-refractivity contribution in [3.8, 4) is 5.75 Å². The molecule has 3 rings (SSSR count). The van der Waals surface area contributed by atoms with Gasteiger partial charge in [0.25, 0.3) is 10.0 Å². The Labute approximate surface area is 242 Å². The second-order valence-corrected chi connectivity index (χ2v) is 11.8. The third kappa shape index (κ3) is 8.07. The Morgan fingerprint density at radius 3 is 2.22 bits per heavy atom. The molecule has 0 unspecified atom stereocenters. The van der Waals surface area contributed by atoms with Gasteiger partial charge in [0.2, 0.25) is 11.8 Å². The standard InChI is InChI=1S/C31H38FN3O5S/c1-6-23(4)33-31(37)29(7-2)34(20-24-13-15-25(32)16-14-24)30(36)21-35(26-9-8-10-27(19-26)40-5)41(38,39)28-17-11-22(3)12-18-28/h8-19,23,29H,6-7,20-21H2,1-5H3,(H,33,37)/t23-,29+/m0/s1. The molecular weight excluding hydrogens is 545 g/mol. The highest BCUT2D eigenvalue weighted by Crippen LogP contribution is 2.28. The highest BCUT2D eigenvalue weighted by molar-refractivity contribution is 7.92. The first-order valence-electron chi connectivity index (χ1n) is 13.6. The van der Waals surface area contributed by atoms with E-state index in [0.29, 0.717) is 24.2 Å². The molecule has 1 N–H and O–H groups in total. The minimum atomic E-state index is -4.20. The zero-order chi connectivity index (χ0) is 30.2. The summed E-state index contributed by atoms with van der Waals surface area (Å²) in [4.78, 5) is 28.8. The molecule has 3 aromatic carbocycles. The first-order chi connectivity index (χ1) is 19.5. The van der Waals surface area contributed by atoms with Gasteiger partial charge in [-0.05, 0) is 68.7 Å². The second-order valence-electron chi connectivity index (χ2n) is 9.92. The van der Waals surface area contributed by atoms with Gasteiger partial charge in [-0.15, -0.1) is 0 Å². The molecule has 0 aliphatic rings. The molecule has 220 valence electrons. The molecule has 0 aliphatic carbocycles. The molecule has 0 aliphatic heterocycles. The van der Waals surface area contributed by atoms with Crippen LogP contribution in [-0.2, 0) is 26.2 Å². The van der Waals surface area contributed by atoms with Crippen LogP contribution in [0.3, 0.4) is 0 Å². The van der Waals surface area contributed by atoms with Crippen LogP contribution in [-0.4, -0.2) is 50.9 Å². The van der Waals surface area contributed by atoms with Crippen LogP contribution < -0.4 is 14.4 Å². The van der Waals surface area contributed by atoms with Crippen molar-refractivity contribution in [3.63, 3.8) is 0 Å². The second kappa shape index (κ2) is 14.1. The summed E-state index contributed by atoms with van der Waals surface area (Å²) in [5.41, 5.74) is 1.72. The average molecular weight is 584 g/mol. The lowest BCUT2D eigenvalue weighted by Gasteiger charge is -2.33. The summed E-state index contributed by atoms with van der Waals surface area (Å²) >= 11 is 0. The molecular formula is C31H38FN3O5S. The number of nitrogens with one attached hydrogen (secondary N) is 1. The van der Waals surface area contributed by atoms with E-state index in [2.05, 4.69) is 5.32 Å². The van der Waals surface area contributed by atoms with Crippen LogP contribution in [0, 0.1) is 12.7 Å². The molecule has 0 aromatic heterocycles. The fourth-order valence-electron chi connectivity index (χ4n) is 4.28. The molecule has 3 aromatic rings. The van der Waals surface area contributed by atoms with Crippen molar-refractivity contribution in [1.82, 2.24) is 10.2 Å². The largest absolute Gasteiger partial charge is 0.497 e. The normalized spacial score (nSPS) is 12.7. The van der Waals surface area contributed by atoms with Gasteiger partial charge in [0.1, 0.15) is 24.2 Å². The number of hydrogen-bond acceptors (Lipinski definition) is 5. The molecule has 0 radical (unpaired) electrons. The Hall–Kier alpha value is -3.92. The van der Waals surface area contributed by atoms with Crippen molar-refractivity contribution < 1.29 is 27.1 Å². The Bertz CT molecular complexity index is 1430. The molecule has 2 atom stereocenters. The summed E-state index contributed by atoms with van der Waals surface area (Å²) in [5, 5.41) is 2.93. The van der Waals surface area contributed by atoms with Crippen LogP contribution in [0.25, 0.3) is 0 Å². The van der Waals surface area contributed by atoms with Gasteiger partial charge >= 0.3 is 0 Å². The third-order valence-corrected chi connectivity index (χ3v) is 8.67. The number of sulfonamides is 1. The minimum absolute atomic E-state index is 0.0118. The Morgan fingerprint density at radius 2 is 1.63 bits per heavy atom. The van der Waals surface area contributed by atoms with Gasteiger partial charge in [-0.2, -0.15) is 0 Å². The van der Waals surface area contributed by atoms with E-state index in [0.717, 1.165) is 9.87 Å². The molecule has 0 heterocycles. The van der Waals surface area contributed by atoms with Crippen molar-refractivity contribution in [2.75, 3.05) is 18.0 Å². The van der Waals surface area contributed by atoms with Crippen LogP contribution in [0.1, 0.15) is 44.7 Å². The fourth-order valence-corrected chi connectivity index (χ4v) is 5.68. The topological polar surface area (TPSA) is 96.0 Å². The summed E-state index contributed by atoms with van der Waals surface area (Å²) in [6, 6.07) is 17.4. The monoisotopic (exact) mass is 583 g/mol. The summed E-state index contributed by atoms with van der Waals surface area (Å²) in [5.74, 6) is -0.936. The number of rotatable bonds is 13. The summed E-state index contributed by atoms with van der Waals surface area (Å²) in [6.07, 6.45) is 0.992. The predicted octanol–water partition coefficient (Wildman–Crippen LogP) is 5.06. The van der Waals surface area contributed by atoms with Crippen LogP contribution in [0.5, 0.6) is 5.75 Å². The summed E-state index contributed by atoms with van der Waals surface area (Å²) in [6.45, 7) is 6.86. The van der Waals surface area contributed by atoms with E-state index in [9.17, 15) is 22.4 Å². The molecule has 0 bridgehead atoms. The molecule has 10 heteroatoms. The lowest BCUT2D eigenvalue weighted by Crippen LogP contribution is -2.53. The van der Waals surface area contributed by atoms with Crippen LogP contribution in [0.2, 0.25) is 0 Å². The van der Waals surface area contributed by atoms with Crippen molar-refractivity contribution in [3.05, 3.63) is 89.7 Å². The van der Waals surface area contributed by atoms with Gasteiger partial charge in [0.15, 0.2) is 0 Å². The number of anilines is 1. The van der Waals surface area contributed by atoms with E-state index >= 15 is 0 Å². The number of ether oxygens (including phenoxy) is 1. The molecule has 0 fully saturated rings. The number of aryl methyl sites for hydroxylation is 1. The van der Waals surface area contributed by atoms with Gasteiger partial charge < -0.3 is 15.0 Å². The summed E-state index contributed by atoms with van der Waals surface area (Å²) < 4.78 is 47.9. The smallest absolute Gasteiger partial charge is 0.264 e. The fraction of sp³-hybridized carbons (Fsp3) is 0.355. The minimum Gasteiger partial charge on any atom is -0.497 e. The van der Waals surface area contributed by atoms with Gasteiger partial charge in [0.05, 0.1) is 17.7 Å². The number of methoxy groups -OCH3 is 1. The Kier molecular flexibility index (Phi) is 10.9. The highest BCUT2D eigenvalue weighted by Gasteiger charge is 2.34. The van der Waals surface area contributed by atoms with Crippen LogP contribution in [0.4, 0.5) is 10.1 Å². The van der Waals surface area contributed by atoms with Crippen LogP contribution in [0.15, 0.2) is 77.7 Å². The summed E-state index contributed by atoms with van der Waals surface area (Å²) in [7, 11) is -2.73. The number of nitrogens with zero attached hydrogens (tertiary/aromatic N) is 2. The maximum absolute atomic E-state index is 14.1. The number of carbonyl (C=O) groups is 2. The first-order valence-corrected chi connectivity index (χ1v) is 15.0. The van der Waals surface area contributed by atoms with Gasteiger partial charge in [-0.25, -0.2) is 12.8 Å². The lowest BCUT2D eigenvalue weighted by molar-refractivity contribution is -0.140. The molecule has 0 saturated carbocycles. The third-order valence-electron chi connectivity index (χ3n) is 6.88. The van der Waals surface area contributed by atoms with E-state index in [1.807, 2.05) is 20.8 Å². The number of carbonyl (C=O) groups excluding carboxylic acids is 2. The molecule has 2 amide bonds. The van der Waals surface area contributed by atoms with Crippen molar-refractivity contribution in [2.24, 2.45) is 0 Å². The van der Waals surface area contributed by atoms with E-state index < -0.39 is 34.3 Å². The SMILES string of the molecule is CC[C@H](C(=O)N[C@@H](C)CC)N(Cc1ccc(F)cc1)C(=O)CN(c1cccc(OC)c1)S(=O)(=O)c1ccc(C)cc1. The first kappa shape index (κ1) is 31.6. The van der Waals surface area contributed by atoms with Gasteiger partial charge in [-0.3, -0.25) is 13.9 Å². The zero-order valence-electron chi connectivity index (χ0n) is 24.1. The van der Waals surface area contributed by atoms with E-state index in [1.165, 1.54) is 54.5 Å². The van der Waals surface area contributed by atoms with E-state index in [1.54, 1.807) is 37.3 Å². The number of benzene rings is 3. The van der Waals surface area contributed by atoms with Crippen LogP contribution >= 0.6 is 0 Å². The molecule has 41 heavy (non-hydrogen) atoms. The quantitative estimate of drug-likeness (QED) is 0.304. The Balaban J connectivity index is 2.07. The van der Waals surface area contributed by atoms with Gasteiger partial charge in [-0.1, -0.05) is 49.7 Å². The van der Waals surface area contributed by atoms with E-state index in [-0.39, 0.29) is 29.1 Å². The maximum Gasteiger partial charge on any atom is 0.264 e.